The second-order valence-electron chi connectivity index (χ2n) is 5.86. The van der Waals surface area contributed by atoms with Crippen LogP contribution in [0.2, 0.25) is 0 Å². The summed E-state index contributed by atoms with van der Waals surface area (Å²) in [6.07, 6.45) is 8.01. The van der Waals surface area contributed by atoms with E-state index in [1.807, 2.05) is 11.8 Å². The van der Waals surface area contributed by atoms with Gasteiger partial charge in [-0.3, -0.25) is 10.1 Å². The van der Waals surface area contributed by atoms with Gasteiger partial charge in [-0.1, -0.05) is 27.2 Å². The minimum atomic E-state index is 0.0509. The molecule has 0 aromatic heterocycles. The van der Waals surface area contributed by atoms with Crippen molar-refractivity contribution in [3.63, 3.8) is 0 Å². The molecular formula is C15H30N2OS. The second kappa shape index (κ2) is 8.85. The Balaban J connectivity index is 2.43. The molecule has 0 spiro atoms. The fourth-order valence-corrected chi connectivity index (χ4v) is 3.15. The summed E-state index contributed by atoms with van der Waals surface area (Å²) in [4.78, 5) is 14.4. The van der Waals surface area contributed by atoms with Crippen LogP contribution in [0.3, 0.4) is 0 Å². The molecule has 0 bridgehead atoms. The fourth-order valence-electron chi connectivity index (χ4n) is 2.65. The van der Waals surface area contributed by atoms with Gasteiger partial charge in [0.05, 0.1) is 12.2 Å². The van der Waals surface area contributed by atoms with E-state index >= 15 is 0 Å². The third-order valence-corrected chi connectivity index (χ3v) is 4.40. The highest BCUT2D eigenvalue weighted by Crippen LogP contribution is 2.20. The van der Waals surface area contributed by atoms with Gasteiger partial charge >= 0.3 is 0 Å². The van der Waals surface area contributed by atoms with Crippen molar-refractivity contribution in [1.82, 2.24) is 10.2 Å². The predicted octanol–water partition coefficient (Wildman–Crippen LogP) is 3.10. The number of nitrogens with zero attached hydrogens (tertiary/aromatic N) is 1. The van der Waals surface area contributed by atoms with Crippen molar-refractivity contribution >= 4 is 17.7 Å². The molecule has 0 aliphatic carbocycles. The molecule has 0 aromatic rings. The smallest absolute Gasteiger partial charge is 0.241 e. The molecule has 1 aliphatic rings. The van der Waals surface area contributed by atoms with Crippen molar-refractivity contribution in [2.24, 2.45) is 5.92 Å². The van der Waals surface area contributed by atoms with E-state index in [0.717, 1.165) is 25.8 Å². The van der Waals surface area contributed by atoms with E-state index in [9.17, 15) is 4.79 Å². The van der Waals surface area contributed by atoms with Crippen molar-refractivity contribution in [2.45, 2.75) is 65.1 Å². The largest absolute Gasteiger partial charge is 0.326 e. The van der Waals surface area contributed by atoms with Crippen molar-refractivity contribution in [3.8, 4) is 0 Å². The summed E-state index contributed by atoms with van der Waals surface area (Å²) in [5.41, 5.74) is 0. The van der Waals surface area contributed by atoms with Gasteiger partial charge in [0, 0.05) is 6.54 Å². The SMILES string of the molecule is CCC1NC(CC(C)C)N(CCCCCSC)C1=O. The number of thioether (sulfide) groups is 1. The monoisotopic (exact) mass is 286 g/mol. The van der Waals surface area contributed by atoms with Crippen LogP contribution in [0.25, 0.3) is 0 Å². The van der Waals surface area contributed by atoms with Crippen molar-refractivity contribution < 1.29 is 4.79 Å². The fraction of sp³-hybridized carbons (Fsp3) is 0.933. The lowest BCUT2D eigenvalue weighted by molar-refractivity contribution is -0.130. The van der Waals surface area contributed by atoms with Gasteiger partial charge in [0.1, 0.15) is 0 Å². The predicted molar refractivity (Wildman–Crippen MR) is 84.4 cm³/mol. The van der Waals surface area contributed by atoms with Crippen molar-refractivity contribution in [1.29, 1.82) is 0 Å². The van der Waals surface area contributed by atoms with E-state index in [0.29, 0.717) is 11.8 Å². The second-order valence-corrected chi connectivity index (χ2v) is 6.84. The molecule has 0 radical (unpaired) electrons. The van der Waals surface area contributed by atoms with Gasteiger partial charge in [-0.2, -0.15) is 11.8 Å². The highest BCUT2D eigenvalue weighted by Gasteiger charge is 2.37. The lowest BCUT2D eigenvalue weighted by atomic mass is 10.1. The lowest BCUT2D eigenvalue weighted by Crippen LogP contribution is -2.39. The molecule has 1 N–H and O–H groups in total. The molecule has 3 nitrogen and oxygen atoms in total. The molecule has 1 rings (SSSR count). The van der Waals surface area contributed by atoms with E-state index in [-0.39, 0.29) is 12.2 Å². The summed E-state index contributed by atoms with van der Waals surface area (Å²) >= 11 is 1.90. The number of carbonyl (C=O) groups excluding carboxylic acids is 1. The molecule has 112 valence electrons. The molecule has 2 unspecified atom stereocenters. The van der Waals surface area contributed by atoms with Gasteiger partial charge in [-0.15, -0.1) is 0 Å². The molecule has 1 heterocycles. The van der Waals surface area contributed by atoms with E-state index in [4.69, 9.17) is 0 Å². The van der Waals surface area contributed by atoms with E-state index in [2.05, 4.69) is 37.2 Å². The summed E-state index contributed by atoms with van der Waals surface area (Å²) in [7, 11) is 0. The average Bonchev–Trinajstić information content (AvgIpc) is 2.65. The van der Waals surface area contributed by atoms with Crippen LogP contribution in [-0.2, 0) is 4.79 Å². The Kier molecular flexibility index (Phi) is 7.84. The van der Waals surface area contributed by atoms with Gasteiger partial charge < -0.3 is 4.90 Å². The summed E-state index contributed by atoms with van der Waals surface area (Å²) < 4.78 is 0. The van der Waals surface area contributed by atoms with Gasteiger partial charge in [-0.05, 0) is 43.6 Å². The Morgan fingerprint density at radius 2 is 2.05 bits per heavy atom. The first-order valence-corrected chi connectivity index (χ1v) is 9.05. The molecule has 19 heavy (non-hydrogen) atoms. The Bertz CT molecular complexity index is 271. The third-order valence-electron chi connectivity index (χ3n) is 3.70. The summed E-state index contributed by atoms with van der Waals surface area (Å²) in [5, 5.41) is 3.50. The first kappa shape index (κ1) is 16.8. The number of amides is 1. The molecule has 0 saturated carbocycles. The molecule has 0 aromatic carbocycles. The number of rotatable bonds is 9. The molecule has 1 saturated heterocycles. The van der Waals surface area contributed by atoms with Gasteiger partial charge in [0.2, 0.25) is 5.91 Å². The normalized spacial score (nSPS) is 23.6. The minimum Gasteiger partial charge on any atom is -0.326 e. The van der Waals surface area contributed by atoms with E-state index in [1.54, 1.807) is 0 Å². The third kappa shape index (κ3) is 5.35. The van der Waals surface area contributed by atoms with Crippen LogP contribution in [0.4, 0.5) is 0 Å². The van der Waals surface area contributed by atoms with Crippen LogP contribution in [0.15, 0.2) is 0 Å². The Labute approximate surface area is 122 Å². The van der Waals surface area contributed by atoms with Gasteiger partial charge in [0.25, 0.3) is 0 Å². The van der Waals surface area contributed by atoms with Crippen LogP contribution >= 0.6 is 11.8 Å². The maximum Gasteiger partial charge on any atom is 0.241 e. The van der Waals surface area contributed by atoms with Crippen LogP contribution in [0.5, 0.6) is 0 Å². The summed E-state index contributed by atoms with van der Waals surface area (Å²) in [6.45, 7) is 7.46. The molecule has 4 heteroatoms. The number of unbranched alkanes of at least 4 members (excludes halogenated alkanes) is 2. The molecule has 1 fully saturated rings. The minimum absolute atomic E-state index is 0.0509. The number of hydrogen-bond acceptors (Lipinski definition) is 3. The van der Waals surface area contributed by atoms with E-state index in [1.165, 1.54) is 18.6 Å². The Morgan fingerprint density at radius 3 is 2.63 bits per heavy atom. The van der Waals surface area contributed by atoms with Crippen LogP contribution in [0.1, 0.15) is 52.9 Å². The van der Waals surface area contributed by atoms with Crippen LogP contribution < -0.4 is 5.32 Å². The average molecular weight is 286 g/mol. The Morgan fingerprint density at radius 1 is 1.32 bits per heavy atom. The number of hydrogen-bond donors (Lipinski definition) is 1. The maximum absolute atomic E-state index is 12.3. The van der Waals surface area contributed by atoms with Crippen LogP contribution in [0, 0.1) is 5.92 Å². The molecule has 1 aliphatic heterocycles. The quantitative estimate of drug-likeness (QED) is 0.661. The first-order chi connectivity index (χ1) is 9.10. The molecule has 1 amide bonds. The molecule has 2 atom stereocenters. The van der Waals surface area contributed by atoms with Crippen LogP contribution in [-0.4, -0.2) is 41.6 Å². The van der Waals surface area contributed by atoms with Crippen molar-refractivity contribution in [2.75, 3.05) is 18.6 Å². The Hall–Kier alpha value is -0.220. The zero-order valence-electron chi connectivity index (χ0n) is 12.9. The van der Waals surface area contributed by atoms with Gasteiger partial charge in [0.15, 0.2) is 0 Å². The van der Waals surface area contributed by atoms with Crippen molar-refractivity contribution in [3.05, 3.63) is 0 Å². The number of carbonyl (C=O) groups is 1. The zero-order chi connectivity index (χ0) is 14.3. The number of nitrogens with one attached hydrogen (secondary N) is 1. The first-order valence-electron chi connectivity index (χ1n) is 7.65. The van der Waals surface area contributed by atoms with Gasteiger partial charge in [-0.25, -0.2) is 0 Å². The summed E-state index contributed by atoms with van der Waals surface area (Å²) in [5.74, 6) is 2.18. The zero-order valence-corrected chi connectivity index (χ0v) is 13.8. The standard InChI is InChI=1S/C15H30N2OS/c1-5-13-15(18)17(9-7-6-8-10-19-4)14(16-13)11-12(2)3/h12-14,16H,5-11H2,1-4H3. The summed E-state index contributed by atoms with van der Waals surface area (Å²) in [6, 6.07) is 0.0509. The van der Waals surface area contributed by atoms with E-state index < -0.39 is 0 Å². The highest BCUT2D eigenvalue weighted by molar-refractivity contribution is 7.98. The highest BCUT2D eigenvalue weighted by atomic mass is 32.2. The molecular weight excluding hydrogens is 256 g/mol. The lowest BCUT2D eigenvalue weighted by Gasteiger charge is -2.25. The maximum atomic E-state index is 12.3. The topological polar surface area (TPSA) is 32.3 Å².